The van der Waals surface area contributed by atoms with E-state index in [2.05, 4.69) is 9.97 Å². The van der Waals surface area contributed by atoms with Crippen LogP contribution in [0.15, 0.2) is 12.4 Å². The van der Waals surface area contributed by atoms with Gasteiger partial charge in [0.15, 0.2) is 0 Å². The van der Waals surface area contributed by atoms with Crippen molar-refractivity contribution in [3.63, 3.8) is 0 Å². The predicted octanol–water partition coefficient (Wildman–Crippen LogP) is 1.45. The molecule has 0 atom stereocenters. The van der Waals surface area contributed by atoms with E-state index in [1.54, 1.807) is 0 Å². The van der Waals surface area contributed by atoms with Crippen LogP contribution in [0.5, 0.6) is 0 Å². The van der Waals surface area contributed by atoms with Gasteiger partial charge >= 0.3 is 6.18 Å². The van der Waals surface area contributed by atoms with Crippen molar-refractivity contribution >= 4 is 11.6 Å². The van der Waals surface area contributed by atoms with E-state index in [-0.39, 0.29) is 12.4 Å². The number of hydrogen-bond acceptors (Lipinski definition) is 4. The molecule has 0 aliphatic heterocycles. The van der Waals surface area contributed by atoms with Crippen molar-refractivity contribution < 1.29 is 13.2 Å². The topological polar surface area (TPSA) is 55.0 Å². The van der Waals surface area contributed by atoms with E-state index in [9.17, 15) is 13.2 Å². The van der Waals surface area contributed by atoms with Crippen LogP contribution in [-0.2, 0) is 0 Å². The average Bonchev–Trinajstić information content (AvgIpc) is 2.13. The van der Waals surface area contributed by atoms with Crippen molar-refractivity contribution in [1.82, 2.24) is 9.97 Å². The summed E-state index contributed by atoms with van der Waals surface area (Å²) >= 11 is 0. The molecule has 0 aliphatic carbocycles. The van der Waals surface area contributed by atoms with Crippen molar-refractivity contribution in [2.45, 2.75) is 12.6 Å². The summed E-state index contributed by atoms with van der Waals surface area (Å²) in [6.45, 7) is -0.153. The molecule has 15 heavy (non-hydrogen) atoms. The van der Waals surface area contributed by atoms with E-state index in [4.69, 9.17) is 5.73 Å². The molecule has 0 saturated heterocycles. The molecule has 0 saturated carbocycles. The number of rotatable bonds is 3. The van der Waals surface area contributed by atoms with E-state index in [0.717, 1.165) is 0 Å². The lowest BCUT2D eigenvalue weighted by Gasteiger charge is -2.18. The van der Waals surface area contributed by atoms with Gasteiger partial charge in [-0.05, 0) is 0 Å². The zero-order valence-corrected chi connectivity index (χ0v) is 8.12. The summed E-state index contributed by atoms with van der Waals surface area (Å²) in [5.41, 5.74) is 5.38. The molecule has 1 aromatic heterocycles. The highest BCUT2D eigenvalue weighted by Crippen LogP contribution is 2.21. The predicted molar refractivity (Wildman–Crippen MR) is 50.4 cm³/mol. The van der Waals surface area contributed by atoms with Crippen LogP contribution in [0.4, 0.5) is 24.8 Å². The summed E-state index contributed by atoms with van der Waals surface area (Å²) in [6, 6.07) is 1.43. The Morgan fingerprint density at radius 1 is 1.40 bits per heavy atom. The Bertz CT molecular complexity index is 326. The minimum atomic E-state index is -4.16. The second kappa shape index (κ2) is 4.33. The van der Waals surface area contributed by atoms with Gasteiger partial charge in [-0.25, -0.2) is 9.97 Å². The maximum Gasteiger partial charge on any atom is 0.390 e. The fourth-order valence-electron chi connectivity index (χ4n) is 0.979. The van der Waals surface area contributed by atoms with Crippen molar-refractivity contribution in [3.8, 4) is 0 Å². The SMILES string of the molecule is CN(CCC(F)(F)F)c1cc(N)ncn1. The number of hydrogen-bond donors (Lipinski definition) is 1. The summed E-state index contributed by atoms with van der Waals surface area (Å²) in [4.78, 5) is 8.84. The Hall–Kier alpha value is -1.53. The minimum absolute atomic E-state index is 0.153. The van der Waals surface area contributed by atoms with E-state index in [1.165, 1.54) is 24.3 Å². The quantitative estimate of drug-likeness (QED) is 0.837. The lowest BCUT2D eigenvalue weighted by atomic mass is 10.4. The first-order valence-electron chi connectivity index (χ1n) is 4.24. The molecule has 1 rings (SSSR count). The number of anilines is 2. The highest BCUT2D eigenvalue weighted by Gasteiger charge is 2.27. The largest absolute Gasteiger partial charge is 0.390 e. The second-order valence-electron chi connectivity index (χ2n) is 3.09. The van der Waals surface area contributed by atoms with Crippen LogP contribution in [0, 0.1) is 0 Å². The Labute approximate surface area is 84.9 Å². The van der Waals surface area contributed by atoms with E-state index in [0.29, 0.717) is 5.82 Å². The standard InChI is InChI=1S/C8H11F3N4/c1-15(3-2-8(9,10)11)7-4-6(12)13-5-14-7/h4-5H,2-3H2,1H3,(H2,12,13,14). The first kappa shape index (κ1) is 11.5. The molecule has 0 aromatic carbocycles. The van der Waals surface area contributed by atoms with E-state index in [1.807, 2.05) is 0 Å². The van der Waals surface area contributed by atoms with Crippen LogP contribution in [0.2, 0.25) is 0 Å². The molecule has 0 aliphatic rings. The van der Waals surface area contributed by atoms with Crippen LogP contribution >= 0.6 is 0 Å². The molecule has 0 unspecified atom stereocenters. The summed E-state index contributed by atoms with van der Waals surface area (Å²) in [6.07, 6.45) is -3.82. The van der Waals surface area contributed by atoms with Crippen LogP contribution in [0.1, 0.15) is 6.42 Å². The minimum Gasteiger partial charge on any atom is -0.384 e. The Kier molecular flexibility index (Phi) is 3.33. The molecule has 0 radical (unpaired) electrons. The average molecular weight is 220 g/mol. The zero-order chi connectivity index (χ0) is 11.5. The van der Waals surface area contributed by atoms with Gasteiger partial charge in [0.2, 0.25) is 0 Å². The van der Waals surface area contributed by atoms with Crippen LogP contribution in [0.25, 0.3) is 0 Å². The Morgan fingerprint density at radius 3 is 2.60 bits per heavy atom. The summed E-state index contributed by atoms with van der Waals surface area (Å²) < 4.78 is 35.8. The molecule has 2 N–H and O–H groups in total. The molecule has 4 nitrogen and oxygen atoms in total. The molecule has 1 heterocycles. The van der Waals surface area contributed by atoms with Crippen LogP contribution < -0.4 is 10.6 Å². The van der Waals surface area contributed by atoms with Gasteiger partial charge in [0.1, 0.15) is 18.0 Å². The van der Waals surface area contributed by atoms with E-state index >= 15 is 0 Å². The third kappa shape index (κ3) is 4.01. The van der Waals surface area contributed by atoms with Crippen molar-refractivity contribution in [3.05, 3.63) is 12.4 Å². The molecule has 0 amide bonds. The van der Waals surface area contributed by atoms with Gasteiger partial charge in [-0.3, -0.25) is 0 Å². The maximum absolute atomic E-state index is 11.9. The first-order valence-corrected chi connectivity index (χ1v) is 4.24. The lowest BCUT2D eigenvalue weighted by molar-refractivity contribution is -0.132. The number of halogens is 3. The molecule has 84 valence electrons. The summed E-state index contributed by atoms with van der Waals surface area (Å²) in [5.74, 6) is 0.616. The lowest BCUT2D eigenvalue weighted by Crippen LogP contribution is -2.24. The van der Waals surface area contributed by atoms with Gasteiger partial charge in [-0.1, -0.05) is 0 Å². The monoisotopic (exact) mass is 220 g/mol. The summed E-state index contributed by atoms with van der Waals surface area (Å²) in [7, 11) is 1.52. The van der Waals surface area contributed by atoms with Crippen molar-refractivity contribution in [2.24, 2.45) is 0 Å². The highest BCUT2D eigenvalue weighted by atomic mass is 19.4. The fourth-order valence-corrected chi connectivity index (χ4v) is 0.979. The molecular formula is C8H11F3N4. The van der Waals surface area contributed by atoms with Gasteiger partial charge < -0.3 is 10.6 Å². The molecule has 0 fully saturated rings. The molecule has 0 bridgehead atoms. The third-order valence-electron chi connectivity index (χ3n) is 1.80. The third-order valence-corrected chi connectivity index (χ3v) is 1.80. The fraction of sp³-hybridized carbons (Fsp3) is 0.500. The smallest absolute Gasteiger partial charge is 0.384 e. The number of alkyl halides is 3. The molecule has 7 heteroatoms. The number of nitrogen functional groups attached to an aromatic ring is 1. The Morgan fingerprint density at radius 2 is 2.07 bits per heavy atom. The first-order chi connectivity index (χ1) is 6.88. The van der Waals surface area contributed by atoms with Crippen LogP contribution in [0.3, 0.4) is 0 Å². The highest BCUT2D eigenvalue weighted by molar-refractivity contribution is 5.44. The van der Waals surface area contributed by atoms with E-state index < -0.39 is 12.6 Å². The molecule has 1 aromatic rings. The van der Waals surface area contributed by atoms with Crippen LogP contribution in [-0.4, -0.2) is 29.7 Å². The van der Waals surface area contributed by atoms with Gasteiger partial charge in [0, 0.05) is 19.7 Å². The Balaban J connectivity index is 2.58. The maximum atomic E-state index is 11.9. The number of nitrogens with two attached hydrogens (primary N) is 1. The summed E-state index contributed by atoms with van der Waals surface area (Å²) in [5, 5.41) is 0. The van der Waals surface area contributed by atoms with Gasteiger partial charge in [0.05, 0.1) is 6.42 Å². The van der Waals surface area contributed by atoms with Gasteiger partial charge in [-0.2, -0.15) is 13.2 Å². The zero-order valence-electron chi connectivity index (χ0n) is 8.12. The number of nitrogens with zero attached hydrogens (tertiary/aromatic N) is 3. The normalized spacial score (nSPS) is 11.5. The molecular weight excluding hydrogens is 209 g/mol. The molecule has 0 spiro atoms. The van der Waals surface area contributed by atoms with Gasteiger partial charge in [0.25, 0.3) is 0 Å². The second-order valence-corrected chi connectivity index (χ2v) is 3.09. The van der Waals surface area contributed by atoms with Gasteiger partial charge in [-0.15, -0.1) is 0 Å². The van der Waals surface area contributed by atoms with Crippen molar-refractivity contribution in [2.75, 3.05) is 24.2 Å². The van der Waals surface area contributed by atoms with Crippen molar-refractivity contribution in [1.29, 1.82) is 0 Å². The number of aromatic nitrogens is 2.